The summed E-state index contributed by atoms with van der Waals surface area (Å²) in [6.07, 6.45) is 0. The summed E-state index contributed by atoms with van der Waals surface area (Å²) in [5.74, 6) is -3.21. The minimum atomic E-state index is -3.89. The molecule has 0 radical (unpaired) electrons. The summed E-state index contributed by atoms with van der Waals surface area (Å²) < 4.78 is 39.2. The van der Waals surface area contributed by atoms with Gasteiger partial charge in [0, 0.05) is 6.54 Å². The van der Waals surface area contributed by atoms with Crippen LogP contribution in [0.15, 0.2) is 52.4 Å². The van der Waals surface area contributed by atoms with Crippen LogP contribution in [0.5, 0.6) is 0 Å². The number of amides is 1. The van der Waals surface area contributed by atoms with Gasteiger partial charge < -0.3 is 4.90 Å². The summed E-state index contributed by atoms with van der Waals surface area (Å²) in [4.78, 5) is 32.7. The number of likely N-dealkylation sites (tertiary alicyclic amines) is 1. The molecule has 0 spiro atoms. The third kappa shape index (κ3) is 4.07. The molecule has 2 aromatic rings. The fourth-order valence-corrected chi connectivity index (χ4v) is 5.93. The minimum absolute atomic E-state index is 0.0157. The van der Waals surface area contributed by atoms with Crippen LogP contribution < -0.4 is 0 Å². The number of hydrogen-bond acceptors (Lipinski definition) is 6. The van der Waals surface area contributed by atoms with E-state index in [1.165, 1.54) is 35.2 Å². The zero-order chi connectivity index (χ0) is 24.1. The Balaban J connectivity index is 1.77. The van der Waals surface area contributed by atoms with Crippen LogP contribution in [0.2, 0.25) is 0 Å². The number of carbonyl (C=O) groups is 2. The number of rotatable bonds is 3. The highest BCUT2D eigenvalue weighted by Crippen LogP contribution is 2.39. The van der Waals surface area contributed by atoms with Crippen molar-refractivity contribution in [2.24, 2.45) is 16.3 Å². The van der Waals surface area contributed by atoms with E-state index in [1.54, 1.807) is 12.1 Å². The minimum Gasteiger partial charge on any atom is -0.327 e. The van der Waals surface area contributed by atoms with E-state index in [9.17, 15) is 22.4 Å². The molecular weight excluding hydrogens is 445 g/mol. The van der Waals surface area contributed by atoms with Crippen molar-refractivity contribution in [2.75, 3.05) is 5.75 Å². The maximum absolute atomic E-state index is 13.5. The lowest BCUT2D eigenvalue weighted by atomic mass is 9.82. The first-order valence-corrected chi connectivity index (χ1v) is 12.0. The largest absolute Gasteiger partial charge is 0.327 e. The highest BCUT2D eigenvalue weighted by Gasteiger charge is 2.54. The fraction of sp³-hybridized carbons (Fsp3) is 0.333. The van der Waals surface area contributed by atoms with Crippen LogP contribution in [0.4, 0.5) is 10.1 Å². The van der Waals surface area contributed by atoms with Crippen LogP contribution >= 0.6 is 0 Å². The summed E-state index contributed by atoms with van der Waals surface area (Å²) in [6.45, 7) is 5.59. The zero-order valence-corrected chi connectivity index (χ0v) is 19.2. The van der Waals surface area contributed by atoms with Crippen LogP contribution in [0.3, 0.4) is 0 Å². The second-order valence-corrected chi connectivity index (χ2v) is 11.3. The Labute approximate surface area is 191 Å². The average molecular weight is 468 g/mol. The number of halogens is 1. The van der Waals surface area contributed by atoms with Gasteiger partial charge in [-0.3, -0.25) is 14.6 Å². The lowest BCUT2D eigenvalue weighted by molar-refractivity contribution is -0.132. The number of aliphatic imine (C=N–C) groups is 1. The third-order valence-corrected chi connectivity index (χ3v) is 7.51. The maximum Gasteiger partial charge on any atom is 0.239 e. The van der Waals surface area contributed by atoms with Crippen LogP contribution in [0, 0.1) is 28.5 Å². The molecule has 0 aliphatic carbocycles. The first-order chi connectivity index (χ1) is 15.4. The molecule has 1 unspecified atom stereocenters. The Bertz CT molecular complexity index is 1340. The molecule has 2 aromatic carbocycles. The van der Waals surface area contributed by atoms with Gasteiger partial charge in [0.05, 0.1) is 39.7 Å². The molecule has 4 rings (SSSR count). The normalized spacial score (nSPS) is 22.0. The highest BCUT2D eigenvalue weighted by atomic mass is 32.2. The van der Waals surface area contributed by atoms with E-state index >= 15 is 0 Å². The van der Waals surface area contributed by atoms with Crippen molar-refractivity contribution >= 4 is 32.9 Å². The number of nitriles is 1. The molecule has 1 fully saturated rings. The van der Waals surface area contributed by atoms with Gasteiger partial charge in [-0.1, -0.05) is 32.9 Å². The second-order valence-electron chi connectivity index (χ2n) is 9.35. The maximum atomic E-state index is 13.5. The summed E-state index contributed by atoms with van der Waals surface area (Å²) >= 11 is 0. The molecular formula is C24H22FN3O4S. The summed E-state index contributed by atoms with van der Waals surface area (Å²) in [5.41, 5.74) is 0.315. The van der Waals surface area contributed by atoms with Gasteiger partial charge in [-0.25, -0.2) is 12.8 Å². The summed E-state index contributed by atoms with van der Waals surface area (Å²) in [7, 11) is -3.89. The molecule has 2 aliphatic heterocycles. The lowest BCUT2D eigenvalue weighted by Crippen LogP contribution is -2.44. The van der Waals surface area contributed by atoms with Crippen molar-refractivity contribution in [1.29, 1.82) is 5.26 Å². The van der Waals surface area contributed by atoms with E-state index in [-0.39, 0.29) is 28.4 Å². The molecule has 0 aromatic heterocycles. The number of ketones is 1. The van der Waals surface area contributed by atoms with Gasteiger partial charge in [-0.15, -0.1) is 0 Å². The molecule has 1 amide bonds. The Kier molecular flexibility index (Phi) is 5.45. The molecule has 9 heteroatoms. The SMILES string of the molecule is CC(C)(C)[C@H]1C(=O)C(C2=Nc3ccc(C#N)cc3S(=O)(=O)C2)C(=O)N1Cc1ccc(F)cc1. The van der Waals surface area contributed by atoms with Crippen molar-refractivity contribution < 1.29 is 22.4 Å². The first-order valence-electron chi connectivity index (χ1n) is 10.4. The van der Waals surface area contributed by atoms with Gasteiger partial charge in [-0.05, 0) is 41.3 Å². The highest BCUT2D eigenvalue weighted by molar-refractivity contribution is 7.92. The molecule has 7 nitrogen and oxygen atoms in total. The van der Waals surface area contributed by atoms with E-state index in [1.807, 2.05) is 26.8 Å². The van der Waals surface area contributed by atoms with Crippen molar-refractivity contribution in [1.82, 2.24) is 4.90 Å². The molecule has 2 atom stereocenters. The molecule has 33 heavy (non-hydrogen) atoms. The average Bonchev–Trinajstić information content (AvgIpc) is 2.98. The molecule has 0 N–H and O–H groups in total. The molecule has 0 bridgehead atoms. The van der Waals surface area contributed by atoms with Crippen molar-refractivity contribution in [2.45, 2.75) is 38.3 Å². The Morgan fingerprint density at radius 1 is 1.15 bits per heavy atom. The van der Waals surface area contributed by atoms with Gasteiger partial charge in [0.25, 0.3) is 0 Å². The predicted molar refractivity (Wildman–Crippen MR) is 119 cm³/mol. The molecule has 170 valence electrons. The summed E-state index contributed by atoms with van der Waals surface area (Å²) in [5, 5.41) is 9.08. The van der Waals surface area contributed by atoms with Gasteiger partial charge in [0.15, 0.2) is 15.6 Å². The third-order valence-electron chi connectivity index (χ3n) is 5.84. The Morgan fingerprint density at radius 3 is 2.42 bits per heavy atom. The van der Waals surface area contributed by atoms with Gasteiger partial charge in [0.2, 0.25) is 5.91 Å². The van der Waals surface area contributed by atoms with E-state index in [0.717, 1.165) is 0 Å². The quantitative estimate of drug-likeness (QED) is 0.644. The van der Waals surface area contributed by atoms with Gasteiger partial charge in [-0.2, -0.15) is 5.26 Å². The van der Waals surface area contributed by atoms with Crippen molar-refractivity contribution in [3.63, 3.8) is 0 Å². The van der Waals surface area contributed by atoms with E-state index in [0.29, 0.717) is 5.56 Å². The van der Waals surface area contributed by atoms with Gasteiger partial charge >= 0.3 is 0 Å². The monoisotopic (exact) mass is 467 g/mol. The Morgan fingerprint density at radius 2 is 1.82 bits per heavy atom. The second kappa shape index (κ2) is 7.89. The molecule has 2 heterocycles. The van der Waals surface area contributed by atoms with Crippen LogP contribution in [0.1, 0.15) is 31.9 Å². The first kappa shape index (κ1) is 22.8. The number of benzene rings is 2. The molecule has 2 aliphatic rings. The van der Waals surface area contributed by atoms with Crippen LogP contribution in [0.25, 0.3) is 0 Å². The number of hydrogen-bond donors (Lipinski definition) is 0. The zero-order valence-electron chi connectivity index (χ0n) is 18.4. The van der Waals surface area contributed by atoms with Crippen molar-refractivity contribution in [3.05, 3.63) is 59.4 Å². The van der Waals surface area contributed by atoms with Gasteiger partial charge in [0.1, 0.15) is 11.7 Å². The summed E-state index contributed by atoms with van der Waals surface area (Å²) in [6, 6.07) is 10.9. The van der Waals surface area contributed by atoms with Crippen LogP contribution in [-0.2, 0) is 26.0 Å². The number of carbonyl (C=O) groups excluding carboxylic acids is 2. The number of Topliss-reactive ketones (excluding diaryl/α,β-unsaturated/α-hetero) is 1. The van der Waals surface area contributed by atoms with E-state index < -0.39 is 50.5 Å². The lowest BCUT2D eigenvalue weighted by Gasteiger charge is -2.33. The molecule has 0 saturated carbocycles. The van der Waals surface area contributed by atoms with E-state index in [2.05, 4.69) is 4.99 Å². The topological polar surface area (TPSA) is 108 Å². The predicted octanol–water partition coefficient (Wildman–Crippen LogP) is 3.20. The fourth-order valence-electron chi connectivity index (χ4n) is 4.42. The standard InChI is InChI=1S/C24H22FN3O4S/c1-24(2,3)22-21(29)20(23(30)28(22)12-14-4-7-16(25)8-5-14)18-13-33(31,32)19-10-15(11-26)6-9-17(19)27-18/h4-10,20,22H,12-13H2,1-3H3/t20?,22-/m1/s1. The smallest absolute Gasteiger partial charge is 0.239 e. The number of fused-ring (bicyclic) bond motifs is 1. The van der Waals surface area contributed by atoms with Crippen LogP contribution in [-0.4, -0.2) is 42.5 Å². The van der Waals surface area contributed by atoms with E-state index in [4.69, 9.17) is 5.26 Å². The Hall–Kier alpha value is -3.38. The van der Waals surface area contributed by atoms with Crippen molar-refractivity contribution in [3.8, 4) is 6.07 Å². The molecule has 1 saturated heterocycles. The number of sulfone groups is 1. The number of nitrogens with zero attached hydrogens (tertiary/aromatic N) is 3.